The fourth-order valence-electron chi connectivity index (χ4n) is 1.43. The van der Waals surface area contributed by atoms with Crippen LogP contribution in [0.25, 0.3) is 0 Å². The van der Waals surface area contributed by atoms with Gasteiger partial charge in [-0.2, -0.15) is 0 Å². The van der Waals surface area contributed by atoms with E-state index in [1.165, 1.54) is 0 Å². The van der Waals surface area contributed by atoms with Crippen molar-refractivity contribution >= 4 is 5.91 Å². The van der Waals surface area contributed by atoms with Crippen molar-refractivity contribution in [3.05, 3.63) is 29.6 Å². The molecule has 1 rings (SSSR count). The molecule has 1 aromatic rings. The third-order valence-corrected chi connectivity index (χ3v) is 2.51. The lowest BCUT2D eigenvalue weighted by molar-refractivity contribution is 0.0927. The van der Waals surface area contributed by atoms with E-state index in [1.54, 1.807) is 12.4 Å². The van der Waals surface area contributed by atoms with Crippen molar-refractivity contribution in [1.29, 1.82) is 0 Å². The normalized spacial score (nSPS) is 12.6. The van der Waals surface area contributed by atoms with Crippen LogP contribution in [0.5, 0.6) is 0 Å². The third kappa shape index (κ3) is 3.31. The van der Waals surface area contributed by atoms with Crippen molar-refractivity contribution in [2.75, 3.05) is 6.54 Å². The van der Waals surface area contributed by atoms with Crippen LogP contribution in [0.15, 0.2) is 18.5 Å². The van der Waals surface area contributed by atoms with Gasteiger partial charge < -0.3 is 11.1 Å². The predicted octanol–water partition coefficient (Wildman–Crippen LogP) is 1.10. The molecule has 4 nitrogen and oxygen atoms in total. The second kappa shape index (κ2) is 5.61. The summed E-state index contributed by atoms with van der Waals surface area (Å²) >= 11 is 0. The quantitative estimate of drug-likeness (QED) is 0.800. The molecule has 1 heterocycles. The molecule has 0 radical (unpaired) electrons. The van der Waals surface area contributed by atoms with E-state index in [-0.39, 0.29) is 11.9 Å². The van der Waals surface area contributed by atoms with E-state index in [9.17, 15) is 4.79 Å². The maximum absolute atomic E-state index is 11.9. The summed E-state index contributed by atoms with van der Waals surface area (Å²) in [5, 5.41) is 2.91. The number of nitrogens with two attached hydrogens (primary N) is 1. The summed E-state index contributed by atoms with van der Waals surface area (Å²) in [6.45, 7) is 6.42. The van der Waals surface area contributed by atoms with Gasteiger partial charge >= 0.3 is 0 Å². The number of carbonyl (C=O) groups is 1. The first-order chi connectivity index (χ1) is 7.54. The highest BCUT2D eigenvalue weighted by molar-refractivity contribution is 5.94. The number of pyridine rings is 1. The molecule has 1 amide bonds. The Morgan fingerprint density at radius 1 is 1.50 bits per heavy atom. The molecule has 0 aliphatic rings. The number of carbonyl (C=O) groups excluding carboxylic acids is 1. The average molecular weight is 221 g/mol. The van der Waals surface area contributed by atoms with Crippen LogP contribution in [0.3, 0.4) is 0 Å². The Hall–Kier alpha value is -1.42. The van der Waals surface area contributed by atoms with Gasteiger partial charge in [-0.25, -0.2) is 0 Å². The van der Waals surface area contributed by atoms with E-state index in [2.05, 4.69) is 10.3 Å². The topological polar surface area (TPSA) is 68.0 Å². The van der Waals surface area contributed by atoms with E-state index in [4.69, 9.17) is 5.73 Å². The molecular formula is C12H19N3O. The van der Waals surface area contributed by atoms with Crippen molar-refractivity contribution < 1.29 is 4.79 Å². The van der Waals surface area contributed by atoms with E-state index < -0.39 is 0 Å². The highest BCUT2D eigenvalue weighted by Crippen LogP contribution is 2.04. The number of nitrogens with zero attached hydrogens (tertiary/aromatic N) is 1. The smallest absolute Gasteiger partial charge is 0.253 e. The van der Waals surface area contributed by atoms with Crippen molar-refractivity contribution in [3.8, 4) is 0 Å². The largest absolute Gasteiger partial charge is 0.348 e. The first kappa shape index (κ1) is 12.6. The summed E-state index contributed by atoms with van der Waals surface area (Å²) in [7, 11) is 0. The maximum atomic E-state index is 11.9. The lowest BCUT2D eigenvalue weighted by Crippen LogP contribution is -2.43. The van der Waals surface area contributed by atoms with Gasteiger partial charge in [0.05, 0.1) is 5.56 Å². The molecule has 1 aromatic heterocycles. The van der Waals surface area contributed by atoms with Crippen LogP contribution in [0.2, 0.25) is 0 Å². The molecule has 3 N–H and O–H groups in total. The molecule has 0 aromatic carbocycles. The van der Waals surface area contributed by atoms with Crippen LogP contribution in [0.1, 0.15) is 29.8 Å². The molecule has 0 aliphatic carbocycles. The average Bonchev–Trinajstić information content (AvgIpc) is 2.25. The Balaban J connectivity index is 2.72. The van der Waals surface area contributed by atoms with Gasteiger partial charge in [0.2, 0.25) is 0 Å². The van der Waals surface area contributed by atoms with Gasteiger partial charge in [0, 0.05) is 25.0 Å². The first-order valence-corrected chi connectivity index (χ1v) is 5.47. The van der Waals surface area contributed by atoms with Crippen molar-refractivity contribution in [1.82, 2.24) is 10.3 Å². The second-order valence-corrected chi connectivity index (χ2v) is 4.31. The zero-order chi connectivity index (χ0) is 12.1. The molecule has 88 valence electrons. The standard InChI is InChI=1S/C12H19N3O/c1-8(2)11(5-13)15-12(16)10-4-9(3)6-14-7-10/h4,6-8,11H,5,13H2,1-3H3,(H,15,16). The van der Waals surface area contributed by atoms with Crippen LogP contribution < -0.4 is 11.1 Å². The lowest BCUT2D eigenvalue weighted by Gasteiger charge is -2.20. The second-order valence-electron chi connectivity index (χ2n) is 4.31. The Morgan fingerprint density at radius 3 is 2.69 bits per heavy atom. The third-order valence-electron chi connectivity index (χ3n) is 2.51. The molecule has 0 saturated carbocycles. The molecule has 0 bridgehead atoms. The van der Waals surface area contributed by atoms with E-state index in [0.717, 1.165) is 5.56 Å². The lowest BCUT2D eigenvalue weighted by atomic mass is 10.0. The molecule has 0 aliphatic heterocycles. The van der Waals surface area contributed by atoms with Gasteiger partial charge in [-0.05, 0) is 24.5 Å². The van der Waals surface area contributed by atoms with Crippen LogP contribution in [0, 0.1) is 12.8 Å². The van der Waals surface area contributed by atoms with Crippen molar-refractivity contribution in [2.24, 2.45) is 11.7 Å². The predicted molar refractivity (Wildman–Crippen MR) is 64.1 cm³/mol. The number of hydrogen-bond acceptors (Lipinski definition) is 3. The minimum atomic E-state index is -0.111. The summed E-state index contributed by atoms with van der Waals surface area (Å²) in [5.74, 6) is 0.215. The number of aromatic nitrogens is 1. The monoisotopic (exact) mass is 221 g/mol. The summed E-state index contributed by atoms with van der Waals surface area (Å²) < 4.78 is 0. The molecule has 1 unspecified atom stereocenters. The minimum Gasteiger partial charge on any atom is -0.348 e. The highest BCUT2D eigenvalue weighted by atomic mass is 16.1. The molecular weight excluding hydrogens is 202 g/mol. The Labute approximate surface area is 96.3 Å². The fourth-order valence-corrected chi connectivity index (χ4v) is 1.43. The first-order valence-electron chi connectivity index (χ1n) is 5.47. The summed E-state index contributed by atoms with van der Waals surface area (Å²) in [6, 6.07) is 1.82. The molecule has 0 spiro atoms. The van der Waals surface area contributed by atoms with Gasteiger partial charge in [0.1, 0.15) is 0 Å². The van der Waals surface area contributed by atoms with Gasteiger partial charge in [-0.1, -0.05) is 13.8 Å². The number of amides is 1. The van der Waals surface area contributed by atoms with Crippen LogP contribution >= 0.6 is 0 Å². The summed E-state index contributed by atoms with van der Waals surface area (Å²) in [6.07, 6.45) is 3.29. The van der Waals surface area contributed by atoms with Crippen molar-refractivity contribution in [2.45, 2.75) is 26.8 Å². The summed E-state index contributed by atoms with van der Waals surface area (Å²) in [4.78, 5) is 15.9. The number of hydrogen-bond donors (Lipinski definition) is 2. The van der Waals surface area contributed by atoms with Gasteiger partial charge in [0.15, 0.2) is 0 Å². The zero-order valence-electron chi connectivity index (χ0n) is 10.0. The Morgan fingerprint density at radius 2 is 2.19 bits per heavy atom. The molecule has 0 saturated heterocycles. The number of nitrogens with one attached hydrogen (secondary N) is 1. The molecule has 16 heavy (non-hydrogen) atoms. The molecule has 4 heteroatoms. The van der Waals surface area contributed by atoms with E-state index in [1.807, 2.05) is 26.8 Å². The van der Waals surface area contributed by atoms with Gasteiger partial charge in [-0.15, -0.1) is 0 Å². The SMILES string of the molecule is Cc1cncc(C(=O)NC(CN)C(C)C)c1. The van der Waals surface area contributed by atoms with Crippen molar-refractivity contribution in [3.63, 3.8) is 0 Å². The van der Waals surface area contributed by atoms with Crippen LogP contribution in [-0.4, -0.2) is 23.5 Å². The summed E-state index contributed by atoms with van der Waals surface area (Å²) in [5.41, 5.74) is 7.16. The van der Waals surface area contributed by atoms with Crippen LogP contribution in [0.4, 0.5) is 0 Å². The van der Waals surface area contributed by atoms with E-state index >= 15 is 0 Å². The minimum absolute atomic E-state index is 0.00742. The Kier molecular flexibility index (Phi) is 4.43. The molecule has 1 atom stereocenters. The Bertz CT molecular complexity index is 363. The highest BCUT2D eigenvalue weighted by Gasteiger charge is 2.15. The molecule has 0 fully saturated rings. The van der Waals surface area contributed by atoms with Gasteiger partial charge in [-0.3, -0.25) is 9.78 Å². The maximum Gasteiger partial charge on any atom is 0.253 e. The van der Waals surface area contributed by atoms with E-state index in [0.29, 0.717) is 18.0 Å². The fraction of sp³-hybridized carbons (Fsp3) is 0.500. The van der Waals surface area contributed by atoms with Crippen LogP contribution in [-0.2, 0) is 0 Å². The zero-order valence-corrected chi connectivity index (χ0v) is 10.0. The number of rotatable bonds is 4. The van der Waals surface area contributed by atoms with Gasteiger partial charge in [0.25, 0.3) is 5.91 Å². The number of aryl methyl sites for hydroxylation is 1.